The molecule has 2 N–H and O–H groups in total. The average molecular weight is 385 g/mol. The minimum atomic E-state index is -4.40. The lowest BCUT2D eigenvalue weighted by Crippen LogP contribution is -2.53. The van der Waals surface area contributed by atoms with Crippen molar-refractivity contribution < 1.29 is 27.5 Å². The summed E-state index contributed by atoms with van der Waals surface area (Å²) in [7, 11) is 0. The minimum Gasteiger partial charge on any atom is -0.378 e. The lowest BCUT2D eigenvalue weighted by atomic mass is 9.84. The Kier molecular flexibility index (Phi) is 5.59. The first-order chi connectivity index (χ1) is 12.8. The largest absolute Gasteiger partial charge is 0.416 e. The van der Waals surface area contributed by atoms with Gasteiger partial charge in [-0.15, -0.1) is 0 Å². The summed E-state index contributed by atoms with van der Waals surface area (Å²) in [6.45, 7) is 2.43. The maximum absolute atomic E-state index is 12.8. The number of likely N-dealkylation sites (tertiary alicyclic amines) is 1. The van der Waals surface area contributed by atoms with Crippen LogP contribution < -0.4 is 5.73 Å². The highest BCUT2D eigenvalue weighted by Crippen LogP contribution is 2.34. The molecule has 0 bridgehead atoms. The predicted molar refractivity (Wildman–Crippen MR) is 90.8 cm³/mol. The van der Waals surface area contributed by atoms with Gasteiger partial charge in [0.1, 0.15) is 0 Å². The molecule has 0 saturated carbocycles. The summed E-state index contributed by atoms with van der Waals surface area (Å²) in [6, 6.07) is 4.68. The Labute approximate surface area is 155 Å². The van der Waals surface area contributed by atoms with Gasteiger partial charge >= 0.3 is 12.2 Å². The van der Waals surface area contributed by atoms with Crippen LogP contribution >= 0.6 is 0 Å². The van der Waals surface area contributed by atoms with Crippen molar-refractivity contribution in [3.05, 3.63) is 35.4 Å². The Morgan fingerprint density at radius 2 is 1.67 bits per heavy atom. The second kappa shape index (κ2) is 7.75. The molecule has 9 heteroatoms. The van der Waals surface area contributed by atoms with Crippen molar-refractivity contribution in [1.29, 1.82) is 0 Å². The third-order valence-corrected chi connectivity index (χ3v) is 5.11. The van der Waals surface area contributed by atoms with Gasteiger partial charge in [0.15, 0.2) is 0 Å². The molecule has 0 aromatic heterocycles. The molecule has 1 aromatic rings. The summed E-state index contributed by atoms with van der Waals surface area (Å²) in [5.74, 6) is -1.29. The summed E-state index contributed by atoms with van der Waals surface area (Å²) in [5, 5.41) is 0. The number of carbonyl (C=O) groups is 2. The molecule has 2 atom stereocenters. The number of nitrogens with two attached hydrogens (primary N) is 1. The zero-order valence-electron chi connectivity index (χ0n) is 14.7. The molecule has 2 fully saturated rings. The monoisotopic (exact) mass is 385 g/mol. The van der Waals surface area contributed by atoms with E-state index >= 15 is 0 Å². The van der Waals surface area contributed by atoms with Gasteiger partial charge in [-0.1, -0.05) is 12.1 Å². The lowest BCUT2D eigenvalue weighted by molar-refractivity contribution is -0.137. The van der Waals surface area contributed by atoms with Gasteiger partial charge in [0.05, 0.1) is 24.7 Å². The van der Waals surface area contributed by atoms with Gasteiger partial charge in [0, 0.05) is 32.1 Å². The number of hydrogen-bond acceptors (Lipinski definition) is 3. The first-order valence-corrected chi connectivity index (χ1v) is 8.84. The summed E-state index contributed by atoms with van der Waals surface area (Å²) < 4.78 is 43.6. The number of rotatable bonds is 2. The molecule has 1 aromatic carbocycles. The number of morpholine rings is 1. The molecule has 2 unspecified atom stereocenters. The van der Waals surface area contributed by atoms with Crippen molar-refractivity contribution >= 4 is 11.9 Å². The number of carbonyl (C=O) groups excluding carboxylic acids is 2. The van der Waals surface area contributed by atoms with Crippen LogP contribution in [0.3, 0.4) is 0 Å². The third-order valence-electron chi connectivity index (χ3n) is 5.11. The molecule has 27 heavy (non-hydrogen) atoms. The smallest absolute Gasteiger partial charge is 0.378 e. The van der Waals surface area contributed by atoms with Crippen molar-refractivity contribution in [3.8, 4) is 0 Å². The first-order valence-electron chi connectivity index (χ1n) is 8.84. The van der Waals surface area contributed by atoms with Crippen LogP contribution in [0.2, 0.25) is 0 Å². The van der Waals surface area contributed by atoms with Gasteiger partial charge < -0.3 is 20.3 Å². The number of primary amides is 1. The second-order valence-corrected chi connectivity index (χ2v) is 6.94. The topological polar surface area (TPSA) is 75.9 Å². The Morgan fingerprint density at radius 1 is 1.04 bits per heavy atom. The fourth-order valence-corrected chi connectivity index (χ4v) is 3.60. The molecule has 6 nitrogen and oxygen atoms in total. The van der Waals surface area contributed by atoms with E-state index in [1.807, 2.05) is 0 Å². The fraction of sp³-hybridized carbons (Fsp3) is 0.556. The zero-order valence-corrected chi connectivity index (χ0v) is 14.7. The van der Waals surface area contributed by atoms with Gasteiger partial charge in [-0.3, -0.25) is 4.79 Å². The number of amides is 3. The normalized spacial score (nSPS) is 24.0. The van der Waals surface area contributed by atoms with Crippen molar-refractivity contribution in [1.82, 2.24) is 9.80 Å². The predicted octanol–water partition coefficient (Wildman–Crippen LogP) is 2.05. The highest BCUT2D eigenvalue weighted by molar-refractivity contribution is 5.80. The minimum absolute atomic E-state index is 0.193. The number of nitrogens with zero attached hydrogens (tertiary/aromatic N) is 2. The molecule has 148 valence electrons. The van der Waals surface area contributed by atoms with E-state index < -0.39 is 23.6 Å². The molecule has 2 heterocycles. The number of ether oxygens (including phenoxy) is 1. The van der Waals surface area contributed by atoms with E-state index in [9.17, 15) is 22.8 Å². The highest BCUT2D eigenvalue weighted by atomic mass is 19.4. The number of hydrogen-bond donors (Lipinski definition) is 1. The van der Waals surface area contributed by atoms with E-state index in [0.29, 0.717) is 44.8 Å². The Hall–Kier alpha value is -2.29. The Balaban J connectivity index is 1.78. The summed E-state index contributed by atoms with van der Waals surface area (Å²) in [5.41, 5.74) is 5.40. The van der Waals surface area contributed by atoms with Gasteiger partial charge in [0.2, 0.25) is 5.91 Å². The molecule has 2 saturated heterocycles. The number of halogens is 3. The third kappa shape index (κ3) is 4.52. The Bertz CT molecular complexity index is 687. The number of benzene rings is 1. The molecule has 0 radical (unpaired) electrons. The van der Waals surface area contributed by atoms with Crippen LogP contribution in [0.25, 0.3) is 0 Å². The number of piperidine rings is 1. The van der Waals surface area contributed by atoms with E-state index in [2.05, 4.69) is 0 Å². The van der Waals surface area contributed by atoms with Crippen LogP contribution in [0.4, 0.5) is 18.0 Å². The quantitative estimate of drug-likeness (QED) is 0.847. The maximum atomic E-state index is 12.8. The number of urea groups is 1. The van der Waals surface area contributed by atoms with E-state index in [0.717, 1.165) is 12.1 Å². The molecule has 2 aliphatic heterocycles. The van der Waals surface area contributed by atoms with Gasteiger partial charge in [-0.05, 0) is 24.1 Å². The van der Waals surface area contributed by atoms with Crippen molar-refractivity contribution in [2.45, 2.75) is 18.5 Å². The Morgan fingerprint density at radius 3 is 2.22 bits per heavy atom. The van der Waals surface area contributed by atoms with Crippen LogP contribution in [0, 0.1) is 5.92 Å². The second-order valence-electron chi connectivity index (χ2n) is 6.94. The van der Waals surface area contributed by atoms with Crippen molar-refractivity contribution in [3.63, 3.8) is 0 Å². The van der Waals surface area contributed by atoms with E-state index in [-0.39, 0.29) is 18.5 Å². The maximum Gasteiger partial charge on any atom is 0.416 e. The van der Waals surface area contributed by atoms with Crippen LogP contribution in [-0.2, 0) is 15.7 Å². The molecule has 3 amide bonds. The van der Waals surface area contributed by atoms with Gasteiger partial charge in [-0.2, -0.15) is 13.2 Å². The van der Waals surface area contributed by atoms with E-state index in [1.165, 1.54) is 12.1 Å². The van der Waals surface area contributed by atoms with Crippen LogP contribution in [-0.4, -0.2) is 61.1 Å². The van der Waals surface area contributed by atoms with E-state index in [1.54, 1.807) is 9.80 Å². The first kappa shape index (κ1) is 19.5. The molecule has 2 aliphatic rings. The van der Waals surface area contributed by atoms with Crippen LogP contribution in [0.5, 0.6) is 0 Å². The van der Waals surface area contributed by atoms with Crippen molar-refractivity contribution in [2.75, 3.05) is 39.4 Å². The summed E-state index contributed by atoms with van der Waals surface area (Å²) in [6.07, 6.45) is -3.99. The highest BCUT2D eigenvalue weighted by Gasteiger charge is 2.36. The molecule has 3 rings (SSSR count). The summed E-state index contributed by atoms with van der Waals surface area (Å²) >= 11 is 0. The molecule has 0 aliphatic carbocycles. The molecule has 0 spiro atoms. The fourth-order valence-electron chi connectivity index (χ4n) is 3.60. The van der Waals surface area contributed by atoms with Gasteiger partial charge in [-0.25, -0.2) is 4.79 Å². The average Bonchev–Trinajstić information content (AvgIpc) is 2.67. The van der Waals surface area contributed by atoms with E-state index in [4.69, 9.17) is 10.5 Å². The molecular formula is C18H22F3N3O3. The zero-order chi connectivity index (χ0) is 19.6. The standard InChI is InChI=1S/C18H22F3N3O3/c19-18(20,21)15-3-1-12(2-4-15)13-9-14(16(22)25)11-24(10-13)17(26)23-5-7-27-8-6-23/h1-4,13-14H,5-11H2,(H2,22,25). The van der Waals surface area contributed by atoms with Crippen LogP contribution in [0.15, 0.2) is 24.3 Å². The summed E-state index contributed by atoms with van der Waals surface area (Å²) in [4.78, 5) is 27.8. The lowest BCUT2D eigenvalue weighted by Gasteiger charge is -2.40. The van der Waals surface area contributed by atoms with Crippen LogP contribution in [0.1, 0.15) is 23.5 Å². The molecular weight excluding hydrogens is 363 g/mol. The SMILES string of the molecule is NC(=O)C1CC(c2ccc(C(F)(F)F)cc2)CN(C(=O)N2CCOCC2)C1. The van der Waals surface area contributed by atoms with Crippen molar-refractivity contribution in [2.24, 2.45) is 11.7 Å². The number of alkyl halides is 3. The van der Waals surface area contributed by atoms with Gasteiger partial charge in [0.25, 0.3) is 0 Å².